The molecule has 1 aliphatic rings. The summed E-state index contributed by atoms with van der Waals surface area (Å²) in [6, 6.07) is 7.89. The number of hydrogen-bond donors (Lipinski definition) is 2. The molecule has 0 saturated carbocycles. The first-order valence-electron chi connectivity index (χ1n) is 7.53. The lowest BCUT2D eigenvalue weighted by atomic mass is 10.1. The largest absolute Gasteiger partial charge is 0.399 e. The van der Waals surface area contributed by atoms with Crippen molar-refractivity contribution in [1.82, 2.24) is 10.2 Å². The van der Waals surface area contributed by atoms with E-state index < -0.39 is 0 Å². The molecular weight excluding hydrogens is 266 g/mol. The number of carbonyl (C=O) groups is 1. The van der Waals surface area contributed by atoms with Crippen LogP contribution in [0.5, 0.6) is 0 Å². The van der Waals surface area contributed by atoms with Gasteiger partial charge in [0.15, 0.2) is 0 Å². The lowest BCUT2D eigenvalue weighted by Crippen LogP contribution is -2.41. The summed E-state index contributed by atoms with van der Waals surface area (Å²) in [5, 5.41) is 3.04. The fourth-order valence-corrected chi connectivity index (χ4v) is 2.74. The maximum absolute atomic E-state index is 12.0. The Morgan fingerprint density at radius 2 is 2.19 bits per heavy atom. The highest BCUT2D eigenvalue weighted by molar-refractivity contribution is 5.78. The van der Waals surface area contributed by atoms with Crippen LogP contribution in [0.1, 0.15) is 18.4 Å². The van der Waals surface area contributed by atoms with Crippen LogP contribution in [0, 0.1) is 0 Å². The van der Waals surface area contributed by atoms with Gasteiger partial charge in [-0.15, -0.1) is 0 Å². The molecule has 1 heterocycles. The number of hydrogen-bond acceptors (Lipinski definition) is 4. The minimum absolute atomic E-state index is 0.0679. The van der Waals surface area contributed by atoms with E-state index in [1.165, 1.54) is 6.42 Å². The van der Waals surface area contributed by atoms with Gasteiger partial charge in [0.05, 0.1) is 13.0 Å². The molecule has 2 rings (SSSR count). The van der Waals surface area contributed by atoms with Gasteiger partial charge < -0.3 is 15.8 Å². The van der Waals surface area contributed by atoms with Crippen LogP contribution < -0.4 is 11.1 Å². The molecule has 1 aliphatic heterocycles. The molecule has 1 saturated heterocycles. The zero-order valence-electron chi connectivity index (χ0n) is 12.7. The topological polar surface area (TPSA) is 67.6 Å². The highest BCUT2D eigenvalue weighted by Gasteiger charge is 2.24. The van der Waals surface area contributed by atoms with Gasteiger partial charge in [-0.1, -0.05) is 12.1 Å². The summed E-state index contributed by atoms with van der Waals surface area (Å²) >= 11 is 0. The predicted molar refractivity (Wildman–Crippen MR) is 84.0 cm³/mol. The Morgan fingerprint density at radius 1 is 1.43 bits per heavy atom. The van der Waals surface area contributed by atoms with Crippen molar-refractivity contribution < 1.29 is 9.53 Å². The van der Waals surface area contributed by atoms with Crippen molar-refractivity contribution in [3.8, 4) is 0 Å². The average Bonchev–Trinajstić information content (AvgIpc) is 2.93. The Hall–Kier alpha value is -1.59. The summed E-state index contributed by atoms with van der Waals surface area (Å²) in [6.07, 6.45) is 2.75. The van der Waals surface area contributed by atoms with Crippen molar-refractivity contribution in [2.45, 2.75) is 25.3 Å². The third-order valence-corrected chi connectivity index (χ3v) is 3.96. The Bertz CT molecular complexity index is 447. The Balaban J connectivity index is 1.74. The lowest BCUT2D eigenvalue weighted by molar-refractivity contribution is -0.120. The number of methoxy groups -OCH3 is 1. The normalized spacial score (nSPS) is 18.8. The van der Waals surface area contributed by atoms with Gasteiger partial charge >= 0.3 is 0 Å². The zero-order chi connectivity index (χ0) is 15.1. The SMILES string of the molecule is COCCN1CCCC1CNC(=O)Cc1ccc(N)cc1. The summed E-state index contributed by atoms with van der Waals surface area (Å²) in [5.74, 6) is 0.0679. The molecule has 5 nitrogen and oxygen atoms in total. The first kappa shape index (κ1) is 15.8. The quantitative estimate of drug-likeness (QED) is 0.737. The highest BCUT2D eigenvalue weighted by atomic mass is 16.5. The summed E-state index contributed by atoms with van der Waals surface area (Å²) < 4.78 is 5.13. The summed E-state index contributed by atoms with van der Waals surface area (Å²) in [4.78, 5) is 14.4. The molecule has 5 heteroatoms. The minimum atomic E-state index is 0.0679. The van der Waals surface area contributed by atoms with Crippen LogP contribution in [0.3, 0.4) is 0 Å². The molecule has 0 aromatic heterocycles. The molecule has 116 valence electrons. The van der Waals surface area contributed by atoms with Crippen LogP contribution in [-0.2, 0) is 16.0 Å². The van der Waals surface area contributed by atoms with Crippen molar-refractivity contribution in [2.24, 2.45) is 0 Å². The van der Waals surface area contributed by atoms with Crippen molar-refractivity contribution in [1.29, 1.82) is 0 Å². The first-order chi connectivity index (χ1) is 10.2. The van der Waals surface area contributed by atoms with E-state index in [9.17, 15) is 4.79 Å². The van der Waals surface area contributed by atoms with Crippen molar-refractivity contribution in [3.63, 3.8) is 0 Å². The minimum Gasteiger partial charge on any atom is -0.399 e. The molecule has 0 bridgehead atoms. The standard InChI is InChI=1S/C16H25N3O2/c1-21-10-9-19-8-2-3-15(19)12-18-16(20)11-13-4-6-14(17)7-5-13/h4-7,15H,2-3,8-12,17H2,1H3,(H,18,20). The van der Waals surface area contributed by atoms with Gasteiger partial charge in [-0.25, -0.2) is 0 Å². The molecule has 1 atom stereocenters. The molecule has 1 aromatic rings. The average molecular weight is 291 g/mol. The molecule has 1 fully saturated rings. The van der Waals surface area contributed by atoms with Crippen LogP contribution in [0.15, 0.2) is 24.3 Å². The smallest absolute Gasteiger partial charge is 0.224 e. The second kappa shape index (κ2) is 8.00. The molecular formula is C16H25N3O2. The maximum atomic E-state index is 12.0. The van der Waals surface area contributed by atoms with Crippen LogP contribution in [-0.4, -0.2) is 50.2 Å². The number of nitrogens with one attached hydrogen (secondary N) is 1. The van der Waals surface area contributed by atoms with Crippen molar-refractivity contribution >= 4 is 11.6 Å². The predicted octanol–water partition coefficient (Wildman–Crippen LogP) is 1.04. The van der Waals surface area contributed by atoms with Gasteiger partial charge in [-0.05, 0) is 37.1 Å². The van der Waals surface area contributed by atoms with Gasteiger partial charge in [-0.2, -0.15) is 0 Å². The van der Waals surface area contributed by atoms with E-state index in [-0.39, 0.29) is 5.91 Å². The number of nitrogens with zero attached hydrogens (tertiary/aromatic N) is 1. The van der Waals surface area contributed by atoms with Gasteiger partial charge in [0.2, 0.25) is 5.91 Å². The first-order valence-corrected chi connectivity index (χ1v) is 7.53. The number of likely N-dealkylation sites (tertiary alicyclic amines) is 1. The molecule has 3 N–H and O–H groups in total. The molecule has 0 spiro atoms. The fraction of sp³-hybridized carbons (Fsp3) is 0.562. The van der Waals surface area contributed by atoms with Gasteiger partial charge in [0.25, 0.3) is 0 Å². The van der Waals surface area contributed by atoms with Crippen LogP contribution >= 0.6 is 0 Å². The highest BCUT2D eigenvalue weighted by Crippen LogP contribution is 2.16. The van der Waals surface area contributed by atoms with Gasteiger partial charge in [0.1, 0.15) is 0 Å². The number of benzene rings is 1. The van der Waals surface area contributed by atoms with E-state index in [2.05, 4.69) is 10.2 Å². The van der Waals surface area contributed by atoms with E-state index in [1.807, 2.05) is 24.3 Å². The third kappa shape index (κ3) is 5.02. The summed E-state index contributed by atoms with van der Waals surface area (Å²) in [5.41, 5.74) is 7.35. The molecule has 1 aromatic carbocycles. The summed E-state index contributed by atoms with van der Waals surface area (Å²) in [6.45, 7) is 3.50. The monoisotopic (exact) mass is 291 g/mol. The molecule has 21 heavy (non-hydrogen) atoms. The second-order valence-electron chi connectivity index (χ2n) is 5.55. The van der Waals surface area contributed by atoms with E-state index >= 15 is 0 Å². The molecule has 0 aliphatic carbocycles. The number of anilines is 1. The van der Waals surface area contributed by atoms with E-state index in [1.54, 1.807) is 7.11 Å². The lowest BCUT2D eigenvalue weighted by Gasteiger charge is -2.24. The molecule has 0 radical (unpaired) electrons. The molecule has 1 amide bonds. The maximum Gasteiger partial charge on any atom is 0.224 e. The number of nitrogens with two attached hydrogens (primary N) is 1. The van der Waals surface area contributed by atoms with Crippen molar-refractivity contribution in [3.05, 3.63) is 29.8 Å². The Morgan fingerprint density at radius 3 is 2.90 bits per heavy atom. The Kier molecular flexibility index (Phi) is 6.02. The van der Waals surface area contributed by atoms with Gasteiger partial charge in [-0.3, -0.25) is 9.69 Å². The number of ether oxygens (including phenoxy) is 1. The van der Waals surface area contributed by atoms with Crippen molar-refractivity contribution in [2.75, 3.05) is 39.1 Å². The number of amides is 1. The van der Waals surface area contributed by atoms with Gasteiger partial charge in [0, 0.05) is 31.9 Å². The van der Waals surface area contributed by atoms with E-state index in [4.69, 9.17) is 10.5 Å². The third-order valence-electron chi connectivity index (χ3n) is 3.96. The van der Waals surface area contributed by atoms with E-state index in [0.29, 0.717) is 12.5 Å². The van der Waals surface area contributed by atoms with Crippen LogP contribution in [0.2, 0.25) is 0 Å². The number of nitrogen functional groups attached to an aromatic ring is 1. The molecule has 1 unspecified atom stereocenters. The fourth-order valence-electron chi connectivity index (χ4n) is 2.74. The second-order valence-corrected chi connectivity index (χ2v) is 5.55. The van der Waals surface area contributed by atoms with Crippen LogP contribution in [0.4, 0.5) is 5.69 Å². The number of carbonyl (C=O) groups excluding carboxylic acids is 1. The van der Waals surface area contributed by atoms with E-state index in [0.717, 1.165) is 43.9 Å². The summed E-state index contributed by atoms with van der Waals surface area (Å²) in [7, 11) is 1.72. The Labute approximate surface area is 126 Å². The van der Waals surface area contributed by atoms with Crippen LogP contribution in [0.25, 0.3) is 0 Å². The zero-order valence-corrected chi connectivity index (χ0v) is 12.7. The number of rotatable bonds is 7.